The second-order valence-corrected chi connectivity index (χ2v) is 4.26. The van der Waals surface area contributed by atoms with Gasteiger partial charge in [0.2, 0.25) is 0 Å². The van der Waals surface area contributed by atoms with Gasteiger partial charge in [-0.25, -0.2) is 0 Å². The van der Waals surface area contributed by atoms with Gasteiger partial charge < -0.3 is 10.1 Å². The maximum atomic E-state index is 9.02. The van der Waals surface area contributed by atoms with Gasteiger partial charge in [0.15, 0.2) is 5.84 Å². The molecule has 0 aliphatic heterocycles. The van der Waals surface area contributed by atoms with E-state index in [2.05, 4.69) is 10.3 Å². The van der Waals surface area contributed by atoms with Crippen molar-refractivity contribution in [1.82, 2.24) is 14.7 Å². The summed E-state index contributed by atoms with van der Waals surface area (Å²) in [7, 11) is 5.60. The highest BCUT2D eigenvalue weighted by Crippen LogP contribution is 2.19. The van der Waals surface area contributed by atoms with Gasteiger partial charge in [-0.15, -0.1) is 0 Å². The number of rotatable bonds is 1. The Morgan fingerprint density at radius 2 is 2.12 bits per heavy atom. The molecule has 1 heterocycles. The topological polar surface area (TPSA) is 53.6 Å². The summed E-state index contributed by atoms with van der Waals surface area (Å²) in [5, 5.41) is 17.8. The summed E-state index contributed by atoms with van der Waals surface area (Å²) in [5.41, 5.74) is 2.92. The van der Waals surface area contributed by atoms with Crippen LogP contribution in [0.5, 0.6) is 0 Å². The standard InChI is InChI=1S/C12H16N4O/c1-8-10-7-9(12(14-17)15(2)3)5-6-11(10)16(4)13-8/h5-7,17H,1-4H3/b14-12-. The lowest BCUT2D eigenvalue weighted by atomic mass is 10.1. The van der Waals surface area contributed by atoms with E-state index in [4.69, 9.17) is 5.21 Å². The van der Waals surface area contributed by atoms with Gasteiger partial charge in [0.1, 0.15) is 0 Å². The van der Waals surface area contributed by atoms with E-state index in [9.17, 15) is 0 Å². The second-order valence-electron chi connectivity index (χ2n) is 4.26. The predicted octanol–water partition coefficient (Wildman–Crippen LogP) is 1.58. The van der Waals surface area contributed by atoms with Crippen LogP contribution in [-0.4, -0.2) is 39.8 Å². The molecule has 0 aliphatic carbocycles. The molecule has 0 saturated heterocycles. The Bertz CT molecular complexity index is 583. The van der Waals surface area contributed by atoms with Crippen LogP contribution in [0.25, 0.3) is 10.9 Å². The third kappa shape index (κ3) is 1.84. The molecule has 2 aromatic rings. The van der Waals surface area contributed by atoms with E-state index in [0.717, 1.165) is 22.2 Å². The molecular formula is C12H16N4O. The summed E-state index contributed by atoms with van der Waals surface area (Å²) >= 11 is 0. The Morgan fingerprint density at radius 3 is 2.71 bits per heavy atom. The quantitative estimate of drug-likeness (QED) is 0.351. The fraction of sp³-hybridized carbons (Fsp3) is 0.333. The van der Waals surface area contributed by atoms with Crippen LogP contribution in [0, 0.1) is 6.92 Å². The molecule has 1 aromatic carbocycles. The molecule has 0 fully saturated rings. The van der Waals surface area contributed by atoms with E-state index in [1.54, 1.807) is 4.90 Å². The lowest BCUT2D eigenvalue weighted by Gasteiger charge is -2.13. The summed E-state index contributed by atoms with van der Waals surface area (Å²) in [5.74, 6) is 0.537. The van der Waals surface area contributed by atoms with E-state index in [-0.39, 0.29) is 0 Å². The minimum absolute atomic E-state index is 0.537. The molecule has 0 spiro atoms. The largest absolute Gasteiger partial charge is 0.409 e. The summed E-state index contributed by atoms with van der Waals surface area (Å²) in [6.45, 7) is 1.97. The highest BCUT2D eigenvalue weighted by molar-refractivity contribution is 6.01. The van der Waals surface area contributed by atoms with E-state index < -0.39 is 0 Å². The molecule has 5 heteroatoms. The van der Waals surface area contributed by atoms with E-state index >= 15 is 0 Å². The number of nitrogens with zero attached hydrogens (tertiary/aromatic N) is 4. The van der Waals surface area contributed by atoms with Crippen molar-refractivity contribution < 1.29 is 5.21 Å². The summed E-state index contributed by atoms with van der Waals surface area (Å²) in [6.07, 6.45) is 0. The SMILES string of the molecule is Cc1nn(C)c2ccc(/C(=N/O)N(C)C)cc12. The molecular weight excluding hydrogens is 216 g/mol. The number of hydrogen-bond acceptors (Lipinski definition) is 3. The van der Waals surface area contributed by atoms with Crippen molar-refractivity contribution in [2.75, 3.05) is 14.1 Å². The number of amidine groups is 1. The molecule has 0 amide bonds. The zero-order chi connectivity index (χ0) is 12.6. The van der Waals surface area contributed by atoms with Crippen LogP contribution >= 0.6 is 0 Å². The Kier molecular flexibility index (Phi) is 2.75. The minimum atomic E-state index is 0.537. The first-order chi connectivity index (χ1) is 8.04. The molecule has 17 heavy (non-hydrogen) atoms. The average molecular weight is 232 g/mol. The Hall–Kier alpha value is -2.04. The van der Waals surface area contributed by atoms with Gasteiger partial charge >= 0.3 is 0 Å². The zero-order valence-electron chi connectivity index (χ0n) is 10.5. The highest BCUT2D eigenvalue weighted by atomic mass is 16.4. The Morgan fingerprint density at radius 1 is 1.41 bits per heavy atom. The van der Waals surface area contributed by atoms with Crippen molar-refractivity contribution in [3.05, 3.63) is 29.5 Å². The smallest absolute Gasteiger partial charge is 0.174 e. The van der Waals surface area contributed by atoms with Crippen LogP contribution in [-0.2, 0) is 7.05 Å². The first kappa shape index (κ1) is 11.4. The zero-order valence-corrected chi connectivity index (χ0v) is 10.5. The summed E-state index contributed by atoms with van der Waals surface area (Å²) in [4.78, 5) is 1.77. The first-order valence-corrected chi connectivity index (χ1v) is 5.37. The fourth-order valence-corrected chi connectivity index (χ4v) is 1.99. The molecule has 1 aromatic heterocycles. The molecule has 0 bridgehead atoms. The van der Waals surface area contributed by atoms with Gasteiger partial charge in [0.25, 0.3) is 0 Å². The van der Waals surface area contributed by atoms with Gasteiger partial charge in [0.05, 0.1) is 11.2 Å². The van der Waals surface area contributed by atoms with Crippen LogP contribution < -0.4 is 0 Å². The molecule has 0 radical (unpaired) electrons. The number of oxime groups is 1. The number of hydrogen-bond donors (Lipinski definition) is 1. The monoisotopic (exact) mass is 232 g/mol. The normalized spacial score (nSPS) is 12.1. The third-order valence-electron chi connectivity index (χ3n) is 2.81. The fourth-order valence-electron chi connectivity index (χ4n) is 1.99. The van der Waals surface area contributed by atoms with Crippen LogP contribution in [0.1, 0.15) is 11.3 Å². The first-order valence-electron chi connectivity index (χ1n) is 5.37. The Balaban J connectivity index is 2.62. The third-order valence-corrected chi connectivity index (χ3v) is 2.81. The minimum Gasteiger partial charge on any atom is -0.409 e. The van der Waals surface area contributed by atoms with Crippen LogP contribution in [0.4, 0.5) is 0 Å². The van der Waals surface area contributed by atoms with E-state index in [1.807, 2.05) is 50.9 Å². The van der Waals surface area contributed by atoms with Crippen molar-refractivity contribution in [3.8, 4) is 0 Å². The van der Waals surface area contributed by atoms with Gasteiger partial charge in [-0.3, -0.25) is 4.68 Å². The van der Waals surface area contributed by atoms with Crippen LogP contribution in [0.3, 0.4) is 0 Å². The van der Waals surface area contributed by atoms with Crippen molar-refractivity contribution in [1.29, 1.82) is 0 Å². The van der Waals surface area contributed by atoms with Gasteiger partial charge in [0, 0.05) is 32.1 Å². The van der Waals surface area contributed by atoms with Crippen molar-refractivity contribution in [2.45, 2.75) is 6.92 Å². The molecule has 0 unspecified atom stereocenters. The lowest BCUT2D eigenvalue weighted by Crippen LogP contribution is -2.22. The molecule has 5 nitrogen and oxygen atoms in total. The summed E-state index contributed by atoms with van der Waals surface area (Å²) in [6, 6.07) is 5.91. The average Bonchev–Trinajstić information content (AvgIpc) is 2.55. The van der Waals surface area contributed by atoms with Crippen molar-refractivity contribution in [2.24, 2.45) is 12.2 Å². The maximum Gasteiger partial charge on any atom is 0.174 e. The predicted molar refractivity (Wildman–Crippen MR) is 67.5 cm³/mol. The molecule has 0 atom stereocenters. The second kappa shape index (κ2) is 4.08. The molecule has 2 rings (SSSR count). The van der Waals surface area contributed by atoms with E-state index in [0.29, 0.717) is 5.84 Å². The van der Waals surface area contributed by atoms with Crippen LogP contribution in [0.15, 0.2) is 23.4 Å². The van der Waals surface area contributed by atoms with Crippen molar-refractivity contribution >= 4 is 16.7 Å². The molecule has 0 aliphatic rings. The molecule has 1 N–H and O–H groups in total. The highest BCUT2D eigenvalue weighted by Gasteiger charge is 2.10. The molecule has 0 saturated carbocycles. The van der Waals surface area contributed by atoms with Gasteiger partial charge in [-0.05, 0) is 25.1 Å². The number of aromatic nitrogens is 2. The lowest BCUT2D eigenvalue weighted by molar-refractivity contribution is 0.310. The molecule has 90 valence electrons. The Labute approximate surface area is 99.9 Å². The number of benzene rings is 1. The van der Waals surface area contributed by atoms with E-state index in [1.165, 1.54) is 0 Å². The van der Waals surface area contributed by atoms with Gasteiger partial charge in [-0.1, -0.05) is 5.16 Å². The summed E-state index contributed by atoms with van der Waals surface area (Å²) < 4.78 is 1.85. The maximum absolute atomic E-state index is 9.02. The van der Waals surface area contributed by atoms with Crippen LogP contribution in [0.2, 0.25) is 0 Å². The van der Waals surface area contributed by atoms with Gasteiger partial charge in [-0.2, -0.15) is 5.10 Å². The number of aryl methyl sites for hydroxylation is 2. The van der Waals surface area contributed by atoms with Crippen molar-refractivity contribution in [3.63, 3.8) is 0 Å². The number of fused-ring (bicyclic) bond motifs is 1.